The standard InChI is InChI=1S/C29H33N5O4S/c1-18(24-13-20(16-39-24)26(30)31)33-28(37)23-14-29(2,3)17-34(23)25(35)15-32-27(36)19-9-11-22(12-10-19)38-21-7-5-4-6-8-21/h4-13,16,18,23H,14-15,17H2,1-3H3,(H3,30,31)(H,32,36)(H,33,37)/t18-,23+/m1/s1. The molecule has 0 saturated carbocycles. The van der Waals surface area contributed by atoms with Gasteiger partial charge in [-0.1, -0.05) is 32.0 Å². The Hall–Kier alpha value is -4.18. The fourth-order valence-corrected chi connectivity index (χ4v) is 5.44. The number of carbonyl (C=O) groups excluding carboxylic acids is 3. The molecule has 5 N–H and O–H groups in total. The third-order valence-corrected chi connectivity index (χ3v) is 7.67. The van der Waals surface area contributed by atoms with Crippen LogP contribution in [0.1, 0.15) is 54.0 Å². The second-order valence-corrected chi connectivity index (χ2v) is 11.4. The third-order valence-electron chi connectivity index (χ3n) is 6.56. The van der Waals surface area contributed by atoms with E-state index in [-0.39, 0.29) is 41.6 Å². The number of hydrogen-bond donors (Lipinski definition) is 4. The van der Waals surface area contributed by atoms with Crippen LogP contribution >= 0.6 is 11.3 Å². The summed E-state index contributed by atoms with van der Waals surface area (Å²) < 4.78 is 5.75. The number of nitrogens with zero attached hydrogens (tertiary/aromatic N) is 1. The average molecular weight is 548 g/mol. The summed E-state index contributed by atoms with van der Waals surface area (Å²) in [5.41, 5.74) is 6.32. The smallest absolute Gasteiger partial charge is 0.251 e. The molecule has 2 atom stereocenters. The van der Waals surface area contributed by atoms with Crippen LogP contribution < -0.4 is 21.1 Å². The number of thiophene rings is 1. The Bertz CT molecular complexity index is 1350. The highest BCUT2D eigenvalue weighted by Gasteiger charge is 2.43. The van der Waals surface area contributed by atoms with Crippen molar-refractivity contribution in [2.24, 2.45) is 11.1 Å². The van der Waals surface area contributed by atoms with Gasteiger partial charge in [-0.25, -0.2) is 0 Å². The molecule has 1 aliphatic rings. The first-order chi connectivity index (χ1) is 18.5. The van der Waals surface area contributed by atoms with Gasteiger partial charge in [0.05, 0.1) is 12.6 Å². The topological polar surface area (TPSA) is 138 Å². The molecule has 1 saturated heterocycles. The Kier molecular flexibility index (Phi) is 8.35. The van der Waals surface area contributed by atoms with Gasteiger partial charge in [0.15, 0.2) is 0 Å². The summed E-state index contributed by atoms with van der Waals surface area (Å²) in [5.74, 6) is 0.306. The van der Waals surface area contributed by atoms with Crippen molar-refractivity contribution in [3.8, 4) is 11.5 Å². The number of amidine groups is 1. The second kappa shape index (κ2) is 11.7. The Morgan fingerprint density at radius 2 is 1.77 bits per heavy atom. The van der Waals surface area contributed by atoms with Crippen LogP contribution in [0.5, 0.6) is 11.5 Å². The van der Waals surface area contributed by atoms with E-state index in [1.54, 1.807) is 40.6 Å². The fraction of sp³-hybridized carbons (Fsp3) is 0.310. The number of amides is 3. The molecule has 0 aliphatic carbocycles. The van der Waals surface area contributed by atoms with Crippen LogP contribution in [0, 0.1) is 10.8 Å². The number of nitrogens with one attached hydrogen (secondary N) is 3. The number of nitrogen functional groups attached to an aromatic ring is 1. The van der Waals surface area contributed by atoms with Crippen molar-refractivity contribution >= 4 is 34.9 Å². The molecule has 204 valence electrons. The van der Waals surface area contributed by atoms with Crippen molar-refractivity contribution in [3.05, 3.63) is 82.0 Å². The maximum atomic E-state index is 13.2. The van der Waals surface area contributed by atoms with Crippen molar-refractivity contribution in [1.82, 2.24) is 15.5 Å². The number of likely N-dealkylation sites (tertiary alicyclic amines) is 1. The quantitative estimate of drug-likeness (QED) is 0.237. The summed E-state index contributed by atoms with van der Waals surface area (Å²) in [6, 6.07) is 16.8. The van der Waals surface area contributed by atoms with Crippen LogP contribution in [0.15, 0.2) is 66.0 Å². The summed E-state index contributed by atoms with van der Waals surface area (Å²) in [5, 5.41) is 15.0. The molecule has 2 heterocycles. The van der Waals surface area contributed by atoms with Crippen LogP contribution in [0.25, 0.3) is 0 Å². The highest BCUT2D eigenvalue weighted by molar-refractivity contribution is 7.10. The monoisotopic (exact) mass is 547 g/mol. The molecule has 0 radical (unpaired) electrons. The van der Waals surface area contributed by atoms with Crippen LogP contribution in [-0.4, -0.2) is 47.6 Å². The number of carbonyl (C=O) groups is 3. The van der Waals surface area contributed by atoms with E-state index in [0.717, 1.165) is 4.88 Å². The Morgan fingerprint density at radius 1 is 1.10 bits per heavy atom. The Morgan fingerprint density at radius 3 is 2.41 bits per heavy atom. The Labute approximate surface area is 231 Å². The largest absolute Gasteiger partial charge is 0.457 e. The minimum absolute atomic E-state index is 0.0242. The molecule has 2 aromatic carbocycles. The van der Waals surface area contributed by atoms with Gasteiger partial charge >= 0.3 is 0 Å². The molecular weight excluding hydrogens is 514 g/mol. The molecule has 0 unspecified atom stereocenters. The zero-order chi connectivity index (χ0) is 28.2. The third kappa shape index (κ3) is 7.02. The minimum atomic E-state index is -0.645. The number of nitrogens with two attached hydrogens (primary N) is 1. The summed E-state index contributed by atoms with van der Waals surface area (Å²) in [6.45, 7) is 6.08. The van der Waals surface area contributed by atoms with Gasteiger partial charge in [-0.3, -0.25) is 19.8 Å². The average Bonchev–Trinajstić information content (AvgIpc) is 3.53. The normalized spacial score (nSPS) is 16.8. The molecule has 1 fully saturated rings. The second-order valence-electron chi connectivity index (χ2n) is 10.4. The highest BCUT2D eigenvalue weighted by Crippen LogP contribution is 2.34. The van der Waals surface area contributed by atoms with E-state index in [2.05, 4.69) is 10.6 Å². The predicted molar refractivity (Wildman–Crippen MR) is 151 cm³/mol. The maximum absolute atomic E-state index is 13.2. The molecule has 1 aromatic heterocycles. The molecule has 0 bridgehead atoms. The van der Waals surface area contributed by atoms with Gasteiger partial charge in [0.2, 0.25) is 11.8 Å². The fourth-order valence-electron chi connectivity index (χ4n) is 4.53. The molecule has 9 nitrogen and oxygen atoms in total. The van der Waals surface area contributed by atoms with Gasteiger partial charge < -0.3 is 26.0 Å². The van der Waals surface area contributed by atoms with Crippen LogP contribution in [0.2, 0.25) is 0 Å². The van der Waals surface area contributed by atoms with Crippen LogP contribution in [-0.2, 0) is 9.59 Å². The van der Waals surface area contributed by atoms with E-state index < -0.39 is 6.04 Å². The summed E-state index contributed by atoms with van der Waals surface area (Å²) >= 11 is 1.42. The van der Waals surface area contributed by atoms with E-state index >= 15 is 0 Å². The lowest BCUT2D eigenvalue weighted by atomic mass is 9.90. The lowest BCUT2D eigenvalue weighted by Crippen LogP contribution is -2.49. The van der Waals surface area contributed by atoms with Crippen molar-refractivity contribution in [3.63, 3.8) is 0 Å². The van der Waals surface area contributed by atoms with E-state index in [9.17, 15) is 14.4 Å². The Balaban J connectivity index is 1.34. The van der Waals surface area contributed by atoms with E-state index in [0.29, 0.717) is 35.6 Å². The molecule has 3 aromatic rings. The van der Waals surface area contributed by atoms with Gasteiger partial charge in [0.25, 0.3) is 5.91 Å². The first-order valence-electron chi connectivity index (χ1n) is 12.7. The van der Waals surface area contributed by atoms with Crippen molar-refractivity contribution in [2.75, 3.05) is 13.1 Å². The lowest BCUT2D eigenvalue weighted by Gasteiger charge is -2.25. The van der Waals surface area contributed by atoms with Gasteiger partial charge in [0.1, 0.15) is 23.4 Å². The predicted octanol–water partition coefficient (Wildman–Crippen LogP) is 4.06. The number of rotatable bonds is 9. The number of ether oxygens (including phenoxy) is 1. The molecule has 1 aliphatic heterocycles. The van der Waals surface area contributed by atoms with Gasteiger partial charge in [-0.05, 0) is 61.2 Å². The zero-order valence-corrected chi connectivity index (χ0v) is 23.0. The van der Waals surface area contributed by atoms with Crippen molar-refractivity contribution in [2.45, 2.75) is 39.3 Å². The summed E-state index contributed by atoms with van der Waals surface area (Å²) in [6.07, 6.45) is 0.511. The molecular formula is C29H33N5O4S. The maximum Gasteiger partial charge on any atom is 0.251 e. The van der Waals surface area contributed by atoms with Crippen LogP contribution in [0.3, 0.4) is 0 Å². The van der Waals surface area contributed by atoms with Crippen LogP contribution in [0.4, 0.5) is 0 Å². The van der Waals surface area contributed by atoms with E-state index in [1.165, 1.54) is 11.3 Å². The first kappa shape index (κ1) is 27.8. The number of para-hydroxylation sites is 1. The molecule has 0 spiro atoms. The molecule has 10 heteroatoms. The summed E-state index contributed by atoms with van der Waals surface area (Å²) in [7, 11) is 0. The van der Waals surface area contributed by atoms with E-state index in [1.807, 2.05) is 51.1 Å². The SMILES string of the molecule is C[C@@H](NC(=O)[C@@H]1CC(C)(C)CN1C(=O)CNC(=O)c1ccc(Oc2ccccc2)cc1)c1cc(C(=N)N)cs1. The lowest BCUT2D eigenvalue weighted by molar-refractivity contribution is -0.138. The van der Waals surface area contributed by atoms with E-state index in [4.69, 9.17) is 15.9 Å². The molecule has 3 amide bonds. The number of benzene rings is 2. The first-order valence-corrected chi connectivity index (χ1v) is 13.5. The zero-order valence-electron chi connectivity index (χ0n) is 22.2. The molecule has 39 heavy (non-hydrogen) atoms. The van der Waals surface area contributed by atoms with Crippen molar-refractivity contribution < 1.29 is 19.1 Å². The number of hydrogen-bond acceptors (Lipinski definition) is 6. The summed E-state index contributed by atoms with van der Waals surface area (Å²) in [4.78, 5) is 41.5. The molecule has 4 rings (SSSR count). The minimum Gasteiger partial charge on any atom is -0.457 e. The van der Waals surface area contributed by atoms with Crippen molar-refractivity contribution in [1.29, 1.82) is 5.41 Å². The van der Waals surface area contributed by atoms with Gasteiger partial charge in [0, 0.05) is 27.9 Å². The van der Waals surface area contributed by atoms with Gasteiger partial charge in [-0.2, -0.15) is 0 Å². The van der Waals surface area contributed by atoms with Gasteiger partial charge in [-0.15, -0.1) is 11.3 Å². The highest BCUT2D eigenvalue weighted by atomic mass is 32.1.